The van der Waals surface area contributed by atoms with Crippen molar-refractivity contribution in [1.82, 2.24) is 14.8 Å². The Labute approximate surface area is 168 Å². The summed E-state index contributed by atoms with van der Waals surface area (Å²) in [5.41, 5.74) is 1.55. The molecule has 3 rings (SSSR count). The van der Waals surface area contributed by atoms with E-state index in [-0.39, 0.29) is 0 Å². The number of nitrogens with zero attached hydrogens (tertiary/aromatic N) is 3. The van der Waals surface area contributed by atoms with E-state index in [0.29, 0.717) is 23.7 Å². The molecule has 0 aliphatic heterocycles. The molecule has 0 atom stereocenters. The van der Waals surface area contributed by atoms with E-state index in [1.807, 2.05) is 30.3 Å². The quantitative estimate of drug-likeness (QED) is 0.288. The molecule has 0 saturated carbocycles. The highest BCUT2D eigenvalue weighted by molar-refractivity contribution is 7.99. The molecule has 2 aromatic carbocycles. The molecule has 1 aromatic heterocycles. The van der Waals surface area contributed by atoms with Crippen LogP contribution in [0.4, 0.5) is 0 Å². The SMILES string of the molecule is CCn1c(SCCCOc2c(C=O)cccc2OC)nnc1-c1ccccc1. The molecule has 0 aliphatic carbocycles. The van der Waals surface area contributed by atoms with Gasteiger partial charge in [0.2, 0.25) is 0 Å². The summed E-state index contributed by atoms with van der Waals surface area (Å²) in [6.45, 7) is 3.38. The van der Waals surface area contributed by atoms with Crippen LogP contribution >= 0.6 is 11.8 Å². The third kappa shape index (κ3) is 4.54. The van der Waals surface area contributed by atoms with Crippen molar-refractivity contribution in [2.24, 2.45) is 0 Å². The van der Waals surface area contributed by atoms with Gasteiger partial charge in [0.25, 0.3) is 0 Å². The summed E-state index contributed by atoms with van der Waals surface area (Å²) in [5, 5.41) is 9.59. The van der Waals surface area contributed by atoms with Crippen molar-refractivity contribution < 1.29 is 14.3 Å². The van der Waals surface area contributed by atoms with Gasteiger partial charge in [0, 0.05) is 17.9 Å². The van der Waals surface area contributed by atoms with Gasteiger partial charge in [0.1, 0.15) is 0 Å². The molecule has 0 radical (unpaired) electrons. The minimum Gasteiger partial charge on any atom is -0.493 e. The molecule has 1 heterocycles. The monoisotopic (exact) mass is 397 g/mol. The summed E-state index contributed by atoms with van der Waals surface area (Å²) in [6.07, 6.45) is 1.58. The number of ether oxygens (including phenoxy) is 2. The molecule has 146 valence electrons. The van der Waals surface area contributed by atoms with Crippen molar-refractivity contribution in [1.29, 1.82) is 0 Å². The van der Waals surface area contributed by atoms with Crippen LogP contribution in [0.2, 0.25) is 0 Å². The van der Waals surface area contributed by atoms with E-state index in [1.165, 1.54) is 0 Å². The molecule has 0 bridgehead atoms. The van der Waals surface area contributed by atoms with Crippen LogP contribution in [0.1, 0.15) is 23.7 Å². The number of aldehydes is 1. The Balaban J connectivity index is 1.57. The van der Waals surface area contributed by atoms with Crippen LogP contribution in [0, 0.1) is 0 Å². The lowest BCUT2D eigenvalue weighted by Gasteiger charge is -2.12. The summed E-state index contributed by atoms with van der Waals surface area (Å²) in [7, 11) is 1.56. The molecule has 3 aromatic rings. The maximum Gasteiger partial charge on any atom is 0.191 e. The smallest absolute Gasteiger partial charge is 0.191 e. The Morgan fingerprint density at radius 2 is 1.93 bits per heavy atom. The molecule has 7 heteroatoms. The number of benzene rings is 2. The average molecular weight is 398 g/mol. The number of aromatic nitrogens is 3. The van der Waals surface area contributed by atoms with Gasteiger partial charge in [-0.1, -0.05) is 48.2 Å². The first kappa shape index (κ1) is 19.9. The second-order valence-electron chi connectivity index (χ2n) is 5.96. The van der Waals surface area contributed by atoms with Crippen LogP contribution in [0.5, 0.6) is 11.5 Å². The van der Waals surface area contributed by atoms with Gasteiger partial charge in [0.15, 0.2) is 28.8 Å². The van der Waals surface area contributed by atoms with E-state index in [0.717, 1.165) is 41.5 Å². The minimum absolute atomic E-state index is 0.486. The maximum atomic E-state index is 11.2. The van der Waals surface area contributed by atoms with Crippen LogP contribution in [0.25, 0.3) is 11.4 Å². The fraction of sp³-hybridized carbons (Fsp3) is 0.286. The summed E-state index contributed by atoms with van der Waals surface area (Å²) >= 11 is 1.65. The Kier molecular flexibility index (Phi) is 7.08. The highest BCUT2D eigenvalue weighted by atomic mass is 32.2. The fourth-order valence-electron chi connectivity index (χ4n) is 2.82. The van der Waals surface area contributed by atoms with E-state index in [9.17, 15) is 4.79 Å². The molecule has 0 aliphatic rings. The number of hydrogen-bond acceptors (Lipinski definition) is 6. The number of rotatable bonds is 10. The van der Waals surface area contributed by atoms with Gasteiger partial charge >= 0.3 is 0 Å². The number of methoxy groups -OCH3 is 1. The molecule has 0 saturated heterocycles. The predicted molar refractivity (Wildman–Crippen MR) is 110 cm³/mol. The van der Waals surface area contributed by atoms with E-state index in [4.69, 9.17) is 9.47 Å². The third-order valence-electron chi connectivity index (χ3n) is 4.19. The number of carbonyl (C=O) groups excluding carboxylic acids is 1. The number of thioether (sulfide) groups is 1. The average Bonchev–Trinajstić information content (AvgIpc) is 3.16. The summed E-state index contributed by atoms with van der Waals surface area (Å²) in [4.78, 5) is 11.2. The van der Waals surface area contributed by atoms with Gasteiger partial charge in [-0.05, 0) is 25.5 Å². The van der Waals surface area contributed by atoms with Gasteiger partial charge in [-0.3, -0.25) is 4.79 Å². The zero-order chi connectivity index (χ0) is 19.8. The first-order chi connectivity index (χ1) is 13.8. The summed E-state index contributed by atoms with van der Waals surface area (Å²) < 4.78 is 13.2. The van der Waals surface area contributed by atoms with Crippen molar-refractivity contribution in [2.75, 3.05) is 19.5 Å². The molecule has 0 amide bonds. The zero-order valence-corrected chi connectivity index (χ0v) is 16.8. The zero-order valence-electron chi connectivity index (χ0n) is 16.0. The third-order valence-corrected chi connectivity index (χ3v) is 5.24. The van der Waals surface area contributed by atoms with E-state index < -0.39 is 0 Å². The first-order valence-corrected chi connectivity index (χ1v) is 10.1. The minimum atomic E-state index is 0.486. The number of para-hydroxylation sites is 1. The van der Waals surface area contributed by atoms with Gasteiger partial charge in [-0.25, -0.2) is 0 Å². The molecular weight excluding hydrogens is 374 g/mol. The second kappa shape index (κ2) is 9.94. The van der Waals surface area contributed by atoms with Gasteiger partial charge in [-0.2, -0.15) is 0 Å². The molecule has 0 N–H and O–H groups in total. The lowest BCUT2D eigenvalue weighted by Crippen LogP contribution is -2.04. The van der Waals surface area contributed by atoms with Crippen LogP contribution in [0.15, 0.2) is 53.7 Å². The predicted octanol–water partition coefficient (Wildman–Crippen LogP) is 4.35. The molecular formula is C21H23N3O3S. The second-order valence-corrected chi connectivity index (χ2v) is 7.03. The molecule has 28 heavy (non-hydrogen) atoms. The fourth-order valence-corrected chi connectivity index (χ4v) is 3.73. The Morgan fingerprint density at radius 1 is 1.11 bits per heavy atom. The van der Waals surface area contributed by atoms with E-state index >= 15 is 0 Å². The van der Waals surface area contributed by atoms with Crippen molar-refractivity contribution in [3.8, 4) is 22.9 Å². The van der Waals surface area contributed by atoms with Crippen LogP contribution in [-0.4, -0.2) is 40.5 Å². The highest BCUT2D eigenvalue weighted by Gasteiger charge is 2.13. The van der Waals surface area contributed by atoms with Gasteiger partial charge in [-0.15, -0.1) is 10.2 Å². The molecule has 0 fully saturated rings. The Hall–Kier alpha value is -2.80. The van der Waals surface area contributed by atoms with Crippen molar-refractivity contribution in [3.63, 3.8) is 0 Å². The van der Waals surface area contributed by atoms with E-state index in [2.05, 4.69) is 21.7 Å². The van der Waals surface area contributed by atoms with Crippen molar-refractivity contribution in [2.45, 2.75) is 25.0 Å². The number of carbonyl (C=O) groups is 1. The summed E-state index contributed by atoms with van der Waals surface area (Å²) in [6, 6.07) is 15.3. The van der Waals surface area contributed by atoms with Gasteiger partial charge < -0.3 is 14.0 Å². The van der Waals surface area contributed by atoms with Gasteiger partial charge in [0.05, 0.1) is 19.3 Å². The lowest BCUT2D eigenvalue weighted by molar-refractivity contribution is 0.111. The normalized spacial score (nSPS) is 10.6. The van der Waals surface area contributed by atoms with E-state index in [1.54, 1.807) is 37.1 Å². The topological polar surface area (TPSA) is 66.2 Å². The Morgan fingerprint density at radius 3 is 2.64 bits per heavy atom. The molecule has 6 nitrogen and oxygen atoms in total. The standard InChI is InChI=1S/C21H23N3O3S/c1-3-24-20(16-9-5-4-6-10-16)22-23-21(24)28-14-8-13-27-19-17(15-25)11-7-12-18(19)26-2/h4-7,9-12,15H,3,8,13-14H2,1-2H3. The van der Waals surface area contributed by atoms with Crippen LogP contribution < -0.4 is 9.47 Å². The molecule has 0 unspecified atom stereocenters. The number of hydrogen-bond donors (Lipinski definition) is 0. The highest BCUT2D eigenvalue weighted by Crippen LogP contribution is 2.30. The summed E-state index contributed by atoms with van der Waals surface area (Å²) in [5.74, 6) is 2.77. The Bertz CT molecular complexity index is 913. The largest absolute Gasteiger partial charge is 0.493 e. The van der Waals surface area contributed by atoms with Crippen molar-refractivity contribution >= 4 is 18.0 Å². The molecule has 0 spiro atoms. The van der Waals surface area contributed by atoms with Crippen molar-refractivity contribution in [3.05, 3.63) is 54.1 Å². The van der Waals surface area contributed by atoms with Crippen LogP contribution in [-0.2, 0) is 6.54 Å². The lowest BCUT2D eigenvalue weighted by atomic mass is 10.2. The first-order valence-electron chi connectivity index (χ1n) is 9.14. The van der Waals surface area contributed by atoms with Crippen LogP contribution in [0.3, 0.4) is 0 Å². The maximum absolute atomic E-state index is 11.2.